The first-order chi connectivity index (χ1) is 10.1. The molecule has 1 unspecified atom stereocenters. The number of amides is 2. The monoisotopic (exact) mass is 312 g/mol. The first-order valence-corrected chi connectivity index (χ1v) is 7.07. The van der Waals surface area contributed by atoms with E-state index in [4.69, 9.17) is 21.4 Å². The number of carboxylic acids is 1. The maximum absolute atomic E-state index is 12.3. The molecule has 0 saturated carbocycles. The van der Waals surface area contributed by atoms with E-state index in [1.165, 1.54) is 0 Å². The Labute approximate surface area is 127 Å². The molecule has 1 aliphatic heterocycles. The molecule has 0 spiro atoms. The fraction of sp³-hybridized carbons (Fsp3) is 0.429. The minimum absolute atomic E-state index is 0.0956. The van der Waals surface area contributed by atoms with E-state index >= 15 is 0 Å². The minimum Gasteiger partial charge on any atom is -0.480 e. The number of halogens is 1. The van der Waals surface area contributed by atoms with Crippen LogP contribution >= 0.6 is 11.6 Å². The second kappa shape index (κ2) is 7.28. The molecule has 2 rings (SSSR count). The maximum Gasteiger partial charge on any atom is 0.323 e. The molecule has 1 aromatic carbocycles. The number of urea groups is 1. The van der Waals surface area contributed by atoms with Crippen LogP contribution in [0.15, 0.2) is 24.3 Å². The number of nitrogens with zero attached hydrogens (tertiary/aromatic N) is 1. The van der Waals surface area contributed by atoms with Crippen LogP contribution in [0.5, 0.6) is 0 Å². The number of hydrogen-bond donors (Lipinski definition) is 2. The van der Waals surface area contributed by atoms with Crippen molar-refractivity contribution in [2.24, 2.45) is 0 Å². The zero-order valence-corrected chi connectivity index (χ0v) is 12.2. The predicted molar refractivity (Wildman–Crippen MR) is 78.8 cm³/mol. The number of ether oxygens (including phenoxy) is 1. The van der Waals surface area contributed by atoms with Gasteiger partial charge in [-0.15, -0.1) is 0 Å². The second-order valence-corrected chi connectivity index (χ2v) is 5.26. The summed E-state index contributed by atoms with van der Waals surface area (Å²) in [7, 11) is 0. The van der Waals surface area contributed by atoms with E-state index in [1.807, 2.05) is 0 Å². The fourth-order valence-electron chi connectivity index (χ4n) is 2.17. The molecule has 0 bridgehead atoms. The average Bonchev–Trinajstić information content (AvgIpc) is 2.45. The number of hydrogen-bond acceptors (Lipinski definition) is 3. The van der Waals surface area contributed by atoms with E-state index in [2.05, 4.69) is 5.32 Å². The number of carbonyl (C=O) groups excluding carboxylic acids is 1. The van der Waals surface area contributed by atoms with Crippen LogP contribution in [0.1, 0.15) is 12.8 Å². The molecule has 0 aliphatic carbocycles. The topological polar surface area (TPSA) is 78.9 Å². The Morgan fingerprint density at radius 1 is 1.48 bits per heavy atom. The number of aliphatic carboxylic acids is 1. The van der Waals surface area contributed by atoms with Gasteiger partial charge in [0.05, 0.1) is 12.6 Å². The summed E-state index contributed by atoms with van der Waals surface area (Å²) in [6.45, 7) is 0.710. The molecule has 2 N–H and O–H groups in total. The van der Waals surface area contributed by atoms with Crippen LogP contribution in [0.2, 0.25) is 5.02 Å². The van der Waals surface area contributed by atoms with Crippen LogP contribution in [0.3, 0.4) is 0 Å². The molecular weight excluding hydrogens is 296 g/mol. The summed E-state index contributed by atoms with van der Waals surface area (Å²) >= 11 is 5.90. The van der Waals surface area contributed by atoms with Crippen LogP contribution in [0, 0.1) is 0 Å². The van der Waals surface area contributed by atoms with Gasteiger partial charge in [0, 0.05) is 17.3 Å². The van der Waals surface area contributed by atoms with Gasteiger partial charge in [0.2, 0.25) is 0 Å². The van der Waals surface area contributed by atoms with Gasteiger partial charge in [0.25, 0.3) is 0 Å². The molecule has 6 nitrogen and oxygen atoms in total. The minimum atomic E-state index is -1.09. The average molecular weight is 313 g/mol. The number of benzene rings is 1. The quantitative estimate of drug-likeness (QED) is 0.892. The summed E-state index contributed by atoms with van der Waals surface area (Å²) in [6.07, 6.45) is 1.70. The van der Waals surface area contributed by atoms with Crippen molar-refractivity contribution in [3.63, 3.8) is 0 Å². The van der Waals surface area contributed by atoms with Crippen LogP contribution in [-0.4, -0.2) is 42.9 Å². The van der Waals surface area contributed by atoms with Crippen molar-refractivity contribution in [1.82, 2.24) is 5.32 Å². The molecule has 1 saturated heterocycles. The van der Waals surface area contributed by atoms with E-state index in [9.17, 15) is 9.59 Å². The van der Waals surface area contributed by atoms with Crippen LogP contribution in [-0.2, 0) is 9.53 Å². The summed E-state index contributed by atoms with van der Waals surface area (Å²) < 4.78 is 5.30. The van der Waals surface area contributed by atoms with E-state index in [1.54, 1.807) is 24.3 Å². The third-order valence-corrected chi connectivity index (χ3v) is 3.38. The molecule has 1 heterocycles. The molecule has 7 heteroatoms. The summed E-state index contributed by atoms with van der Waals surface area (Å²) in [5.41, 5.74) is 0.444. The Bertz CT molecular complexity index is 517. The zero-order valence-electron chi connectivity index (χ0n) is 11.4. The molecule has 0 aromatic heterocycles. The Kier molecular flexibility index (Phi) is 5.41. The molecule has 21 heavy (non-hydrogen) atoms. The van der Waals surface area contributed by atoms with E-state index in [-0.39, 0.29) is 6.04 Å². The third-order valence-electron chi connectivity index (χ3n) is 3.15. The number of carboxylic acid groups (broad SMARTS) is 1. The summed E-state index contributed by atoms with van der Waals surface area (Å²) in [5, 5.41) is 12.2. The smallest absolute Gasteiger partial charge is 0.323 e. The van der Waals surface area contributed by atoms with E-state index in [0.717, 1.165) is 17.7 Å². The summed E-state index contributed by atoms with van der Waals surface area (Å²) in [4.78, 5) is 24.5. The highest BCUT2D eigenvalue weighted by Gasteiger charge is 2.23. The number of nitrogens with one attached hydrogen (secondary N) is 1. The molecule has 1 aliphatic rings. The van der Waals surface area contributed by atoms with Crippen molar-refractivity contribution >= 4 is 29.3 Å². The number of anilines is 1. The predicted octanol–water partition coefficient (Wildman–Crippen LogP) is 2.12. The van der Waals surface area contributed by atoms with Crippen molar-refractivity contribution in [3.8, 4) is 0 Å². The summed E-state index contributed by atoms with van der Waals surface area (Å²) in [6, 6.07) is 5.98. The zero-order chi connectivity index (χ0) is 15.2. The van der Waals surface area contributed by atoms with Gasteiger partial charge in [-0.2, -0.15) is 0 Å². The molecule has 0 radical (unpaired) electrons. The lowest BCUT2D eigenvalue weighted by Crippen LogP contribution is -2.49. The Hall–Kier alpha value is -1.79. The van der Waals surface area contributed by atoms with Crippen LogP contribution < -0.4 is 10.2 Å². The van der Waals surface area contributed by atoms with Gasteiger partial charge >= 0.3 is 12.0 Å². The fourth-order valence-corrected chi connectivity index (χ4v) is 2.35. The molecular formula is C14H17ClN2O4. The highest BCUT2D eigenvalue weighted by molar-refractivity contribution is 6.30. The lowest BCUT2D eigenvalue weighted by molar-refractivity contribution is -0.135. The maximum atomic E-state index is 12.3. The van der Waals surface area contributed by atoms with E-state index in [0.29, 0.717) is 23.9 Å². The van der Waals surface area contributed by atoms with Gasteiger partial charge in [-0.25, -0.2) is 4.79 Å². The number of rotatable bonds is 4. The van der Waals surface area contributed by atoms with Crippen molar-refractivity contribution in [3.05, 3.63) is 29.3 Å². The largest absolute Gasteiger partial charge is 0.480 e. The molecule has 1 fully saturated rings. The van der Waals surface area contributed by atoms with Gasteiger partial charge in [-0.3, -0.25) is 9.69 Å². The van der Waals surface area contributed by atoms with Crippen LogP contribution in [0.4, 0.5) is 10.5 Å². The molecule has 1 atom stereocenters. The second-order valence-electron chi connectivity index (χ2n) is 4.82. The van der Waals surface area contributed by atoms with Gasteiger partial charge < -0.3 is 15.2 Å². The van der Waals surface area contributed by atoms with Gasteiger partial charge in [0.15, 0.2) is 0 Å². The Morgan fingerprint density at radius 2 is 2.29 bits per heavy atom. The Morgan fingerprint density at radius 3 is 2.90 bits per heavy atom. The normalized spacial score (nSPS) is 18.0. The van der Waals surface area contributed by atoms with Crippen molar-refractivity contribution in [1.29, 1.82) is 0 Å². The Balaban J connectivity index is 2.11. The van der Waals surface area contributed by atoms with Crippen LogP contribution in [0.25, 0.3) is 0 Å². The lowest BCUT2D eigenvalue weighted by atomic mass is 10.1. The first-order valence-electron chi connectivity index (χ1n) is 6.69. The lowest BCUT2D eigenvalue weighted by Gasteiger charge is -2.27. The SMILES string of the molecule is O=C(O)CN(C(=O)NC1CCCOC1)c1cccc(Cl)c1. The molecule has 1 aromatic rings. The van der Waals surface area contributed by atoms with Crippen molar-refractivity contribution in [2.75, 3.05) is 24.7 Å². The first kappa shape index (κ1) is 15.6. The van der Waals surface area contributed by atoms with Gasteiger partial charge in [-0.1, -0.05) is 17.7 Å². The number of carbonyl (C=O) groups is 2. The van der Waals surface area contributed by atoms with Gasteiger partial charge in [0.1, 0.15) is 6.54 Å². The standard InChI is InChI=1S/C14H17ClN2O4/c15-10-3-1-5-12(7-10)17(8-13(18)19)14(20)16-11-4-2-6-21-9-11/h1,3,5,7,11H,2,4,6,8-9H2,(H,16,20)(H,18,19). The summed E-state index contributed by atoms with van der Waals surface area (Å²) in [5.74, 6) is -1.09. The molecule has 114 valence electrons. The van der Waals surface area contributed by atoms with Gasteiger partial charge in [-0.05, 0) is 31.0 Å². The van der Waals surface area contributed by atoms with E-state index < -0.39 is 18.5 Å². The highest BCUT2D eigenvalue weighted by atomic mass is 35.5. The highest BCUT2D eigenvalue weighted by Crippen LogP contribution is 2.20. The molecule has 2 amide bonds. The third kappa shape index (κ3) is 4.61. The van der Waals surface area contributed by atoms with Crippen molar-refractivity contribution < 1.29 is 19.4 Å². The van der Waals surface area contributed by atoms with Crippen molar-refractivity contribution in [2.45, 2.75) is 18.9 Å².